The number of carboxylic acid groups (broad SMARTS) is 1. The van der Waals surface area contributed by atoms with Crippen molar-refractivity contribution < 1.29 is 38.1 Å². The number of pyridine rings is 1. The normalized spacial score (nSPS) is 12.4. The number of benzene rings is 2. The van der Waals surface area contributed by atoms with Crippen LogP contribution in [0, 0.1) is 12.7 Å². The lowest BCUT2D eigenvalue weighted by Gasteiger charge is -2.28. The second-order valence-electron chi connectivity index (χ2n) is 11.1. The van der Waals surface area contributed by atoms with Gasteiger partial charge in [-0.05, 0) is 95.8 Å². The molecule has 1 heterocycles. The molecule has 2 amide bonds. The average molecular weight is 556 g/mol. The van der Waals surface area contributed by atoms with E-state index in [4.69, 9.17) is 14.2 Å². The van der Waals surface area contributed by atoms with Gasteiger partial charge in [0.05, 0.1) is 7.11 Å². The molecule has 0 aliphatic rings. The highest BCUT2D eigenvalue weighted by Gasteiger charge is 2.34. The molecule has 2 aromatic carbocycles. The van der Waals surface area contributed by atoms with E-state index < -0.39 is 41.2 Å². The molecule has 0 saturated heterocycles. The van der Waals surface area contributed by atoms with Gasteiger partial charge in [-0.1, -0.05) is 0 Å². The van der Waals surface area contributed by atoms with Crippen molar-refractivity contribution in [2.45, 2.75) is 65.7 Å². The number of carboxylic acids is 1. The molecule has 0 bridgehead atoms. The van der Waals surface area contributed by atoms with Crippen molar-refractivity contribution in [1.82, 2.24) is 4.98 Å². The highest BCUT2D eigenvalue weighted by molar-refractivity contribution is 6.14. The summed E-state index contributed by atoms with van der Waals surface area (Å²) in [6, 6.07) is 7.44. The molecule has 1 atom stereocenters. The first-order valence-corrected chi connectivity index (χ1v) is 12.5. The van der Waals surface area contributed by atoms with Crippen LogP contribution in [-0.2, 0) is 14.3 Å². The number of ether oxygens (including phenoxy) is 3. The van der Waals surface area contributed by atoms with Crippen molar-refractivity contribution in [3.05, 3.63) is 59.5 Å². The van der Waals surface area contributed by atoms with Gasteiger partial charge in [0.15, 0.2) is 11.9 Å². The van der Waals surface area contributed by atoms with E-state index in [2.05, 4.69) is 10.3 Å². The fraction of sp³-hybridized carbons (Fsp3) is 0.379. The number of rotatable bonds is 6. The summed E-state index contributed by atoms with van der Waals surface area (Å²) >= 11 is 0. The molecule has 0 radical (unpaired) electrons. The van der Waals surface area contributed by atoms with Gasteiger partial charge in [0.1, 0.15) is 22.8 Å². The summed E-state index contributed by atoms with van der Waals surface area (Å²) in [7, 11) is 1.42. The fourth-order valence-electron chi connectivity index (χ4n) is 3.84. The lowest BCUT2D eigenvalue weighted by molar-refractivity contribution is -0.138. The van der Waals surface area contributed by atoms with Crippen LogP contribution in [0.15, 0.2) is 42.6 Å². The maximum atomic E-state index is 14.8. The first-order valence-electron chi connectivity index (χ1n) is 12.5. The summed E-state index contributed by atoms with van der Waals surface area (Å²) in [5, 5.41) is 13.6. The summed E-state index contributed by atoms with van der Waals surface area (Å²) < 4.78 is 30.9. The molecule has 10 nitrogen and oxygen atoms in total. The molecular formula is C29H34FN3O7. The first kappa shape index (κ1) is 30.1. The van der Waals surface area contributed by atoms with Gasteiger partial charge < -0.3 is 24.6 Å². The Morgan fingerprint density at radius 2 is 1.57 bits per heavy atom. The van der Waals surface area contributed by atoms with Gasteiger partial charge in [-0.2, -0.15) is 4.90 Å². The molecule has 214 valence electrons. The fourth-order valence-corrected chi connectivity index (χ4v) is 3.84. The summed E-state index contributed by atoms with van der Waals surface area (Å²) in [5.74, 6) is -1.68. The quantitative estimate of drug-likeness (QED) is 0.345. The van der Waals surface area contributed by atoms with E-state index in [1.165, 1.54) is 31.5 Å². The van der Waals surface area contributed by atoms with Crippen molar-refractivity contribution >= 4 is 40.4 Å². The standard InChI is InChI=1S/C29H34FN3O7/c1-16-13-21(30)20(15-22(16)38-8)23(25(34)35)32-18-9-10-19-17(14-18)11-12-31-24(19)33(26(36)39-28(2,3)4)27(37)40-29(5,6)7/h9-15,23,32H,1-8H3,(H,34,35). The second kappa shape index (κ2) is 11.4. The minimum atomic E-state index is -1.44. The van der Waals surface area contributed by atoms with Crippen molar-refractivity contribution in [2.75, 3.05) is 17.3 Å². The minimum Gasteiger partial charge on any atom is -0.496 e. The number of nitrogens with one attached hydrogen (secondary N) is 1. The Labute approximate surface area is 232 Å². The average Bonchev–Trinajstić information content (AvgIpc) is 2.80. The van der Waals surface area contributed by atoms with E-state index in [-0.39, 0.29) is 11.4 Å². The van der Waals surface area contributed by atoms with Gasteiger partial charge in [-0.15, -0.1) is 0 Å². The zero-order valence-electron chi connectivity index (χ0n) is 23.8. The van der Waals surface area contributed by atoms with Crippen LogP contribution in [-0.4, -0.2) is 46.6 Å². The molecule has 0 aliphatic heterocycles. The summed E-state index contributed by atoms with van der Waals surface area (Å²) in [4.78, 5) is 43.4. The van der Waals surface area contributed by atoms with Crippen molar-refractivity contribution in [3.8, 4) is 5.75 Å². The molecule has 0 spiro atoms. The highest BCUT2D eigenvalue weighted by atomic mass is 19.1. The van der Waals surface area contributed by atoms with Gasteiger partial charge in [-0.25, -0.2) is 23.8 Å². The molecule has 1 aromatic heterocycles. The number of carbonyl (C=O) groups excluding carboxylic acids is 2. The second-order valence-corrected chi connectivity index (χ2v) is 11.1. The zero-order valence-corrected chi connectivity index (χ0v) is 23.8. The van der Waals surface area contributed by atoms with E-state index in [1.54, 1.807) is 66.7 Å². The zero-order chi connectivity index (χ0) is 30.0. The number of aliphatic carboxylic acids is 1. The number of fused-ring (bicyclic) bond motifs is 1. The lowest BCUT2D eigenvalue weighted by atomic mass is 10.0. The minimum absolute atomic E-state index is 0.0309. The molecular weight excluding hydrogens is 521 g/mol. The number of aryl methyl sites for hydroxylation is 1. The molecule has 2 N–H and O–H groups in total. The Morgan fingerprint density at radius 3 is 2.10 bits per heavy atom. The highest BCUT2D eigenvalue weighted by Crippen LogP contribution is 2.32. The number of methoxy groups -OCH3 is 1. The van der Waals surface area contributed by atoms with Gasteiger partial charge in [-0.3, -0.25) is 0 Å². The number of nitrogens with zero attached hydrogens (tertiary/aromatic N) is 2. The molecule has 1 unspecified atom stereocenters. The van der Waals surface area contributed by atoms with Crippen molar-refractivity contribution in [3.63, 3.8) is 0 Å². The van der Waals surface area contributed by atoms with E-state index >= 15 is 0 Å². The smallest absolute Gasteiger partial charge is 0.425 e. The number of imide groups is 1. The number of halogens is 1. The van der Waals surface area contributed by atoms with Crippen LogP contribution in [0.25, 0.3) is 10.8 Å². The van der Waals surface area contributed by atoms with Crippen LogP contribution >= 0.6 is 0 Å². The number of amides is 2. The largest absolute Gasteiger partial charge is 0.496 e. The third-order valence-corrected chi connectivity index (χ3v) is 5.49. The van der Waals surface area contributed by atoms with E-state index in [9.17, 15) is 23.9 Å². The van der Waals surface area contributed by atoms with Crippen molar-refractivity contribution in [2.24, 2.45) is 0 Å². The SMILES string of the molecule is COc1cc(C(Nc2ccc3c(N(C(=O)OC(C)(C)C)C(=O)OC(C)(C)C)nccc3c2)C(=O)O)c(F)cc1C. The number of hydrogen-bond donors (Lipinski definition) is 2. The maximum absolute atomic E-state index is 14.8. The Kier molecular flexibility index (Phi) is 8.57. The number of carbonyl (C=O) groups is 3. The molecule has 0 fully saturated rings. The third-order valence-electron chi connectivity index (χ3n) is 5.49. The molecule has 0 saturated carbocycles. The van der Waals surface area contributed by atoms with Crippen LogP contribution in [0.2, 0.25) is 0 Å². The first-order chi connectivity index (χ1) is 18.5. The van der Waals surface area contributed by atoms with Gasteiger partial charge in [0, 0.05) is 22.8 Å². The molecule has 11 heteroatoms. The lowest BCUT2D eigenvalue weighted by Crippen LogP contribution is -2.44. The van der Waals surface area contributed by atoms with Crippen LogP contribution in [0.5, 0.6) is 5.75 Å². The number of aromatic nitrogens is 1. The van der Waals surface area contributed by atoms with E-state index in [1.807, 2.05) is 0 Å². The molecule has 3 rings (SSSR count). The van der Waals surface area contributed by atoms with Crippen LogP contribution in [0.3, 0.4) is 0 Å². The van der Waals surface area contributed by atoms with Crippen LogP contribution in [0.1, 0.15) is 58.7 Å². The summed E-state index contributed by atoms with van der Waals surface area (Å²) in [5.41, 5.74) is -1.04. The Balaban J connectivity index is 2.06. The summed E-state index contributed by atoms with van der Waals surface area (Å²) in [6.45, 7) is 11.6. The summed E-state index contributed by atoms with van der Waals surface area (Å²) in [6.07, 6.45) is -0.556. The van der Waals surface area contributed by atoms with E-state index in [0.29, 0.717) is 27.8 Å². The van der Waals surface area contributed by atoms with Crippen LogP contribution in [0.4, 0.5) is 25.5 Å². The predicted octanol–water partition coefficient (Wildman–Crippen LogP) is 6.61. The molecule has 0 aliphatic carbocycles. The van der Waals surface area contributed by atoms with Crippen LogP contribution < -0.4 is 15.0 Å². The monoisotopic (exact) mass is 555 g/mol. The number of anilines is 2. The van der Waals surface area contributed by atoms with E-state index in [0.717, 1.165) is 4.90 Å². The van der Waals surface area contributed by atoms with Gasteiger partial charge in [0.2, 0.25) is 0 Å². The Hall–Kier alpha value is -4.41. The third kappa shape index (κ3) is 7.16. The Bertz CT molecular complexity index is 1420. The number of hydrogen-bond acceptors (Lipinski definition) is 8. The van der Waals surface area contributed by atoms with Gasteiger partial charge >= 0.3 is 18.2 Å². The maximum Gasteiger partial charge on any atom is 0.425 e. The molecule has 3 aromatic rings. The van der Waals surface area contributed by atoms with Gasteiger partial charge in [0.25, 0.3) is 0 Å². The Morgan fingerprint density at radius 1 is 0.975 bits per heavy atom. The molecule has 40 heavy (non-hydrogen) atoms. The topological polar surface area (TPSA) is 127 Å². The van der Waals surface area contributed by atoms with Crippen molar-refractivity contribution in [1.29, 1.82) is 0 Å². The predicted molar refractivity (Wildman–Crippen MR) is 148 cm³/mol.